The number of anilines is 1. The average molecular weight is 216 g/mol. The highest BCUT2D eigenvalue weighted by molar-refractivity contribution is 5.54. The maximum absolute atomic E-state index is 9.00. The lowest BCUT2D eigenvalue weighted by Crippen LogP contribution is -2.05. The van der Waals surface area contributed by atoms with E-state index in [0.717, 1.165) is 17.3 Å². The fraction of sp³-hybridized carbons (Fsp3) is 0.273. The molecule has 0 radical (unpaired) electrons. The van der Waals surface area contributed by atoms with E-state index in [9.17, 15) is 0 Å². The first-order valence-corrected chi connectivity index (χ1v) is 4.92. The molecule has 0 spiro atoms. The van der Waals surface area contributed by atoms with Gasteiger partial charge in [0, 0.05) is 7.05 Å². The monoisotopic (exact) mass is 216 g/mol. The van der Waals surface area contributed by atoms with Gasteiger partial charge in [-0.3, -0.25) is 4.68 Å². The van der Waals surface area contributed by atoms with Gasteiger partial charge in [0.15, 0.2) is 0 Å². The van der Waals surface area contributed by atoms with Gasteiger partial charge in [0.05, 0.1) is 18.5 Å². The first-order chi connectivity index (χ1) is 7.72. The fourth-order valence-electron chi connectivity index (χ4n) is 1.58. The van der Waals surface area contributed by atoms with Gasteiger partial charge in [0.1, 0.15) is 23.2 Å². The number of nitrogens with one attached hydrogen (secondary N) is 1. The number of hydrogen-bond donors (Lipinski definition) is 1. The minimum atomic E-state index is 0.542. The van der Waals surface area contributed by atoms with E-state index in [1.54, 1.807) is 18.0 Å². The largest absolute Gasteiger partial charge is 0.467 e. The molecule has 0 saturated carbocycles. The summed E-state index contributed by atoms with van der Waals surface area (Å²) in [5.74, 6) is 1.54. The van der Waals surface area contributed by atoms with Crippen molar-refractivity contribution >= 4 is 5.82 Å². The van der Waals surface area contributed by atoms with Crippen molar-refractivity contribution in [1.29, 1.82) is 5.26 Å². The summed E-state index contributed by atoms with van der Waals surface area (Å²) >= 11 is 0. The maximum Gasteiger partial charge on any atom is 0.142 e. The lowest BCUT2D eigenvalue weighted by atomic mass is 10.2. The van der Waals surface area contributed by atoms with Crippen molar-refractivity contribution in [3.05, 3.63) is 35.4 Å². The lowest BCUT2D eigenvalue weighted by molar-refractivity contribution is 0.517. The van der Waals surface area contributed by atoms with Crippen LogP contribution in [0.2, 0.25) is 0 Å². The van der Waals surface area contributed by atoms with E-state index in [2.05, 4.69) is 16.5 Å². The second-order valence-electron chi connectivity index (χ2n) is 3.48. The Hall–Kier alpha value is -2.22. The standard InChI is InChI=1S/C11H12N4O/c1-8-10(6-12)11(15(2)14-8)13-7-9-4-3-5-16-9/h3-5,13H,7H2,1-2H3. The van der Waals surface area contributed by atoms with Gasteiger partial charge < -0.3 is 9.73 Å². The molecule has 0 fully saturated rings. The summed E-state index contributed by atoms with van der Waals surface area (Å²) in [5, 5.41) is 16.3. The van der Waals surface area contributed by atoms with E-state index in [-0.39, 0.29) is 0 Å². The summed E-state index contributed by atoms with van der Waals surface area (Å²) in [7, 11) is 1.80. The van der Waals surface area contributed by atoms with Crippen LogP contribution in [0.15, 0.2) is 22.8 Å². The summed E-state index contributed by atoms with van der Waals surface area (Å²) < 4.78 is 6.86. The third kappa shape index (κ3) is 1.77. The summed E-state index contributed by atoms with van der Waals surface area (Å²) in [4.78, 5) is 0. The Morgan fingerprint density at radius 1 is 1.62 bits per heavy atom. The zero-order chi connectivity index (χ0) is 11.5. The Balaban J connectivity index is 2.19. The maximum atomic E-state index is 9.00. The Bertz CT molecular complexity index is 519. The van der Waals surface area contributed by atoms with E-state index in [1.807, 2.05) is 19.1 Å². The highest BCUT2D eigenvalue weighted by Gasteiger charge is 2.12. The van der Waals surface area contributed by atoms with Crippen LogP contribution in [0.3, 0.4) is 0 Å². The Kier molecular flexibility index (Phi) is 2.64. The second kappa shape index (κ2) is 4.11. The smallest absolute Gasteiger partial charge is 0.142 e. The molecule has 0 aliphatic rings. The number of nitrogens with zero attached hydrogens (tertiary/aromatic N) is 3. The Morgan fingerprint density at radius 3 is 3.06 bits per heavy atom. The SMILES string of the molecule is Cc1nn(C)c(NCc2ccco2)c1C#N. The molecule has 0 aliphatic carbocycles. The van der Waals surface area contributed by atoms with E-state index in [4.69, 9.17) is 9.68 Å². The van der Waals surface area contributed by atoms with Crippen molar-refractivity contribution in [2.45, 2.75) is 13.5 Å². The first kappa shape index (κ1) is 10.3. The minimum absolute atomic E-state index is 0.542. The van der Waals surface area contributed by atoms with Gasteiger partial charge in [-0.1, -0.05) is 0 Å². The number of hydrogen-bond acceptors (Lipinski definition) is 4. The predicted octanol–water partition coefficient (Wildman–Crippen LogP) is 1.81. The molecule has 0 aliphatic heterocycles. The van der Waals surface area contributed by atoms with Gasteiger partial charge in [0.25, 0.3) is 0 Å². The number of nitriles is 1. The number of furan rings is 1. The number of aromatic nitrogens is 2. The predicted molar refractivity (Wildman–Crippen MR) is 58.7 cm³/mol. The van der Waals surface area contributed by atoms with Gasteiger partial charge in [-0.2, -0.15) is 10.4 Å². The highest BCUT2D eigenvalue weighted by Crippen LogP contribution is 2.18. The van der Waals surface area contributed by atoms with E-state index >= 15 is 0 Å². The van der Waals surface area contributed by atoms with Crippen LogP contribution in [0.25, 0.3) is 0 Å². The van der Waals surface area contributed by atoms with Crippen molar-refractivity contribution < 1.29 is 4.42 Å². The molecule has 16 heavy (non-hydrogen) atoms. The number of rotatable bonds is 3. The van der Waals surface area contributed by atoms with Crippen molar-refractivity contribution in [2.24, 2.45) is 7.05 Å². The highest BCUT2D eigenvalue weighted by atomic mass is 16.3. The molecule has 2 aromatic rings. The second-order valence-corrected chi connectivity index (χ2v) is 3.48. The van der Waals surface area contributed by atoms with Crippen LogP contribution in [-0.2, 0) is 13.6 Å². The van der Waals surface area contributed by atoms with E-state index < -0.39 is 0 Å². The normalized spacial score (nSPS) is 10.1. The van der Waals surface area contributed by atoms with Crippen LogP contribution >= 0.6 is 0 Å². The van der Waals surface area contributed by atoms with Gasteiger partial charge in [0.2, 0.25) is 0 Å². The van der Waals surface area contributed by atoms with E-state index in [0.29, 0.717) is 12.1 Å². The summed E-state index contributed by atoms with van der Waals surface area (Å²) in [6.45, 7) is 2.36. The molecule has 0 amide bonds. The number of aryl methyl sites for hydroxylation is 2. The molecule has 1 N–H and O–H groups in total. The van der Waals surface area contributed by atoms with Crippen molar-refractivity contribution in [2.75, 3.05) is 5.32 Å². The molecule has 0 atom stereocenters. The molecule has 0 unspecified atom stereocenters. The van der Waals surface area contributed by atoms with E-state index in [1.165, 1.54) is 0 Å². The third-order valence-corrected chi connectivity index (χ3v) is 2.34. The van der Waals surface area contributed by atoms with Crippen LogP contribution in [0.5, 0.6) is 0 Å². The molecule has 2 rings (SSSR count). The first-order valence-electron chi connectivity index (χ1n) is 4.92. The molecule has 82 valence electrons. The fourth-order valence-corrected chi connectivity index (χ4v) is 1.58. The van der Waals surface area contributed by atoms with Gasteiger partial charge in [-0.15, -0.1) is 0 Å². The Morgan fingerprint density at radius 2 is 2.44 bits per heavy atom. The van der Waals surface area contributed by atoms with Crippen LogP contribution in [-0.4, -0.2) is 9.78 Å². The molecule has 2 aromatic heterocycles. The molecule has 0 saturated heterocycles. The van der Waals surface area contributed by atoms with Crippen LogP contribution in [0.1, 0.15) is 17.0 Å². The molecule has 2 heterocycles. The minimum Gasteiger partial charge on any atom is -0.467 e. The van der Waals surface area contributed by atoms with Gasteiger partial charge in [-0.05, 0) is 19.1 Å². The van der Waals surface area contributed by atoms with Gasteiger partial charge in [-0.25, -0.2) is 0 Å². The van der Waals surface area contributed by atoms with Crippen LogP contribution < -0.4 is 5.32 Å². The zero-order valence-corrected chi connectivity index (χ0v) is 9.19. The molecular weight excluding hydrogens is 204 g/mol. The molecule has 5 heteroatoms. The molecular formula is C11H12N4O. The van der Waals surface area contributed by atoms with Crippen LogP contribution in [0.4, 0.5) is 5.82 Å². The van der Waals surface area contributed by atoms with Crippen molar-refractivity contribution in [3.63, 3.8) is 0 Å². The summed E-state index contributed by atoms with van der Waals surface area (Å²) in [5.41, 5.74) is 1.31. The molecule has 5 nitrogen and oxygen atoms in total. The third-order valence-electron chi connectivity index (χ3n) is 2.34. The van der Waals surface area contributed by atoms with Crippen molar-refractivity contribution in [1.82, 2.24) is 9.78 Å². The summed E-state index contributed by atoms with van der Waals surface area (Å²) in [6, 6.07) is 5.85. The molecule has 0 bridgehead atoms. The van der Waals surface area contributed by atoms with Gasteiger partial charge >= 0.3 is 0 Å². The average Bonchev–Trinajstić information content (AvgIpc) is 2.83. The summed E-state index contributed by atoms with van der Waals surface area (Å²) in [6.07, 6.45) is 1.62. The topological polar surface area (TPSA) is 66.8 Å². The Labute approximate surface area is 93.3 Å². The molecule has 0 aromatic carbocycles. The van der Waals surface area contributed by atoms with Crippen molar-refractivity contribution in [3.8, 4) is 6.07 Å². The lowest BCUT2D eigenvalue weighted by Gasteiger charge is -2.04. The zero-order valence-electron chi connectivity index (χ0n) is 9.19. The quantitative estimate of drug-likeness (QED) is 0.849. The van der Waals surface area contributed by atoms with Crippen LogP contribution in [0, 0.1) is 18.3 Å².